The minimum absolute atomic E-state index is 0.140. The molecule has 2 aliphatic rings. The predicted molar refractivity (Wildman–Crippen MR) is 119 cm³/mol. The van der Waals surface area contributed by atoms with E-state index < -0.39 is 11.8 Å². The van der Waals surface area contributed by atoms with E-state index >= 15 is 0 Å². The average Bonchev–Trinajstić information content (AvgIpc) is 3.26. The van der Waals surface area contributed by atoms with E-state index in [1.807, 2.05) is 36.3 Å². The highest BCUT2D eigenvalue weighted by Gasteiger charge is 2.50. The maximum Gasteiger partial charge on any atom is 0.313 e. The number of amides is 3. The van der Waals surface area contributed by atoms with Crippen LogP contribution in [0.15, 0.2) is 29.8 Å². The zero-order chi connectivity index (χ0) is 22.3. The fourth-order valence-electron chi connectivity index (χ4n) is 3.92. The number of nitrogen functional groups attached to an aromatic ring is 1. The van der Waals surface area contributed by atoms with Crippen molar-refractivity contribution < 1.29 is 14.4 Å². The summed E-state index contributed by atoms with van der Waals surface area (Å²) < 4.78 is 0. The van der Waals surface area contributed by atoms with Crippen molar-refractivity contribution in [3.8, 4) is 0 Å². The van der Waals surface area contributed by atoms with E-state index in [2.05, 4.69) is 10.3 Å². The van der Waals surface area contributed by atoms with Crippen LogP contribution in [0.4, 0.5) is 11.5 Å². The van der Waals surface area contributed by atoms with E-state index in [0.29, 0.717) is 24.6 Å². The number of carbonyl (C=O) groups excluding carboxylic acids is 3. The molecule has 1 saturated heterocycles. The Hall–Kier alpha value is -2.94. The van der Waals surface area contributed by atoms with Crippen LogP contribution in [0, 0.1) is 12.3 Å². The number of hydrogen-bond donors (Lipinski definition) is 2. The first-order valence-electron chi connectivity index (χ1n) is 10.4. The van der Waals surface area contributed by atoms with Crippen LogP contribution >= 0.6 is 11.3 Å². The van der Waals surface area contributed by atoms with Gasteiger partial charge in [0, 0.05) is 29.4 Å². The van der Waals surface area contributed by atoms with Crippen molar-refractivity contribution in [2.45, 2.75) is 45.7 Å². The molecule has 1 aliphatic heterocycles. The molecule has 3 amide bonds. The van der Waals surface area contributed by atoms with Gasteiger partial charge in [-0.25, -0.2) is 4.98 Å². The predicted octanol–water partition coefficient (Wildman–Crippen LogP) is 2.57. The highest BCUT2D eigenvalue weighted by atomic mass is 32.1. The third kappa shape index (κ3) is 4.14. The molecule has 31 heavy (non-hydrogen) atoms. The summed E-state index contributed by atoms with van der Waals surface area (Å²) in [4.78, 5) is 47.4. The fourth-order valence-corrected chi connectivity index (χ4v) is 4.75. The summed E-state index contributed by atoms with van der Waals surface area (Å²) in [6.07, 6.45) is 3.23. The van der Waals surface area contributed by atoms with Crippen LogP contribution in [-0.2, 0) is 14.4 Å². The first-order valence-corrected chi connectivity index (χ1v) is 11.3. The second-order valence-electron chi connectivity index (χ2n) is 8.74. The van der Waals surface area contributed by atoms with Gasteiger partial charge in [0.05, 0.1) is 17.9 Å². The number of nitrogens with two attached hydrogens (primary N) is 1. The lowest BCUT2D eigenvalue weighted by molar-refractivity contribution is -0.153. The Labute approximate surface area is 185 Å². The molecule has 4 rings (SSSR count). The summed E-state index contributed by atoms with van der Waals surface area (Å²) in [6.45, 7) is 6.40. The molecule has 0 spiro atoms. The minimum Gasteiger partial charge on any atom is -0.383 e. The van der Waals surface area contributed by atoms with Crippen molar-refractivity contribution in [2.75, 3.05) is 24.1 Å². The largest absolute Gasteiger partial charge is 0.383 e. The molecule has 2 aromatic heterocycles. The molecule has 0 radical (unpaired) electrons. The van der Waals surface area contributed by atoms with E-state index in [4.69, 9.17) is 5.73 Å². The Bertz CT molecular complexity index is 1020. The van der Waals surface area contributed by atoms with Crippen molar-refractivity contribution in [1.82, 2.24) is 14.8 Å². The van der Waals surface area contributed by atoms with Gasteiger partial charge in [0.2, 0.25) is 5.91 Å². The summed E-state index contributed by atoms with van der Waals surface area (Å²) in [5.74, 6) is -0.833. The summed E-state index contributed by atoms with van der Waals surface area (Å²) in [5.41, 5.74) is 6.58. The zero-order valence-corrected chi connectivity index (χ0v) is 18.7. The van der Waals surface area contributed by atoms with Crippen molar-refractivity contribution in [3.05, 3.63) is 40.2 Å². The smallest absolute Gasteiger partial charge is 0.313 e. The Morgan fingerprint density at radius 1 is 1.26 bits per heavy atom. The quantitative estimate of drug-likeness (QED) is 0.712. The molecule has 2 aromatic rings. The molecule has 3 heterocycles. The topological polar surface area (TPSA) is 109 Å². The molecular formula is C22H27N5O3S. The Balaban J connectivity index is 1.55. The van der Waals surface area contributed by atoms with E-state index in [1.165, 1.54) is 17.5 Å². The molecule has 1 saturated carbocycles. The molecular weight excluding hydrogens is 414 g/mol. The minimum atomic E-state index is -0.728. The SMILES string of the molecule is Cc1cc(NC(=O)C(=O)N2C[C@@H](C)N(C(=O)C3(C)CC3)CC2c2cccs2)cnc1N. The van der Waals surface area contributed by atoms with Crippen LogP contribution in [0.1, 0.15) is 43.2 Å². The summed E-state index contributed by atoms with van der Waals surface area (Å²) in [7, 11) is 0. The zero-order valence-electron chi connectivity index (χ0n) is 17.9. The van der Waals surface area contributed by atoms with Gasteiger partial charge in [-0.2, -0.15) is 0 Å². The van der Waals surface area contributed by atoms with Gasteiger partial charge in [-0.3, -0.25) is 14.4 Å². The number of rotatable bonds is 3. The average molecular weight is 442 g/mol. The van der Waals surface area contributed by atoms with Gasteiger partial charge in [0.1, 0.15) is 5.82 Å². The summed E-state index contributed by atoms with van der Waals surface area (Å²) in [6, 6.07) is 5.01. The number of thiophene rings is 1. The lowest BCUT2D eigenvalue weighted by Gasteiger charge is -2.45. The molecule has 1 unspecified atom stereocenters. The molecule has 1 aliphatic carbocycles. The van der Waals surface area contributed by atoms with Crippen molar-refractivity contribution in [2.24, 2.45) is 5.41 Å². The third-order valence-electron chi connectivity index (χ3n) is 6.22. The maximum atomic E-state index is 13.2. The van der Waals surface area contributed by atoms with Crippen LogP contribution in [0.5, 0.6) is 0 Å². The number of piperazine rings is 1. The van der Waals surface area contributed by atoms with Crippen molar-refractivity contribution >= 4 is 40.6 Å². The molecule has 3 N–H and O–H groups in total. The Kier molecular flexibility index (Phi) is 5.47. The summed E-state index contributed by atoms with van der Waals surface area (Å²) in [5, 5.41) is 4.57. The number of aryl methyl sites for hydroxylation is 1. The monoisotopic (exact) mass is 441 g/mol. The molecule has 0 bridgehead atoms. The lowest BCUT2D eigenvalue weighted by atomic mass is 10.0. The van der Waals surface area contributed by atoms with E-state index in [9.17, 15) is 14.4 Å². The molecule has 2 fully saturated rings. The number of nitrogens with zero attached hydrogens (tertiary/aromatic N) is 3. The highest BCUT2D eigenvalue weighted by Crippen LogP contribution is 2.47. The fraction of sp³-hybridized carbons (Fsp3) is 0.455. The van der Waals surface area contributed by atoms with Crippen LogP contribution in [0.3, 0.4) is 0 Å². The van der Waals surface area contributed by atoms with Gasteiger partial charge in [-0.15, -0.1) is 11.3 Å². The molecule has 2 atom stereocenters. The van der Waals surface area contributed by atoms with Crippen LogP contribution in [0.2, 0.25) is 0 Å². The normalized spacial score (nSPS) is 22.2. The standard InChI is InChI=1S/C22H27N5O3S/c1-13-9-15(10-24-18(13)23)25-19(28)20(29)27-11-14(2)26(21(30)22(3)6-7-22)12-16(27)17-5-4-8-31-17/h4-5,8-10,14,16H,6-7,11-12H2,1-3H3,(H2,23,24)(H,25,28)/t14-,16?/m1/s1. The number of anilines is 2. The Morgan fingerprint density at radius 3 is 2.61 bits per heavy atom. The van der Waals surface area contributed by atoms with Gasteiger partial charge in [-0.1, -0.05) is 13.0 Å². The lowest BCUT2D eigenvalue weighted by Crippen LogP contribution is -2.59. The van der Waals surface area contributed by atoms with Gasteiger partial charge in [0.15, 0.2) is 0 Å². The van der Waals surface area contributed by atoms with E-state index in [1.54, 1.807) is 17.9 Å². The van der Waals surface area contributed by atoms with E-state index in [0.717, 1.165) is 23.3 Å². The Morgan fingerprint density at radius 2 is 2.00 bits per heavy atom. The molecule has 9 heteroatoms. The van der Waals surface area contributed by atoms with Gasteiger partial charge < -0.3 is 20.9 Å². The van der Waals surface area contributed by atoms with Crippen LogP contribution in [0.25, 0.3) is 0 Å². The molecule has 0 aromatic carbocycles. The second-order valence-corrected chi connectivity index (χ2v) is 9.72. The van der Waals surface area contributed by atoms with E-state index in [-0.39, 0.29) is 23.4 Å². The van der Waals surface area contributed by atoms with Crippen LogP contribution in [-0.4, -0.2) is 51.6 Å². The van der Waals surface area contributed by atoms with Crippen molar-refractivity contribution in [3.63, 3.8) is 0 Å². The summed E-state index contributed by atoms with van der Waals surface area (Å²) >= 11 is 1.52. The number of nitrogens with one attached hydrogen (secondary N) is 1. The number of carbonyl (C=O) groups is 3. The molecule has 164 valence electrons. The second kappa shape index (κ2) is 7.96. The molecule has 8 nitrogen and oxygen atoms in total. The first kappa shape index (κ1) is 21.3. The van der Waals surface area contributed by atoms with Crippen molar-refractivity contribution in [1.29, 1.82) is 0 Å². The highest BCUT2D eigenvalue weighted by molar-refractivity contribution is 7.10. The third-order valence-corrected chi connectivity index (χ3v) is 7.19. The van der Waals surface area contributed by atoms with Gasteiger partial charge in [0.25, 0.3) is 0 Å². The first-order chi connectivity index (χ1) is 14.7. The number of hydrogen-bond acceptors (Lipinski definition) is 6. The van der Waals surface area contributed by atoms with Crippen LogP contribution < -0.4 is 11.1 Å². The maximum absolute atomic E-state index is 13.2. The van der Waals surface area contributed by atoms with Gasteiger partial charge >= 0.3 is 11.8 Å². The van der Waals surface area contributed by atoms with Gasteiger partial charge in [-0.05, 0) is 49.8 Å². The number of pyridine rings is 1. The number of aromatic nitrogens is 1.